The second kappa shape index (κ2) is 4.14. The Bertz CT molecular complexity index is 454. The Hall–Kier alpha value is -1.81. The van der Waals surface area contributed by atoms with Crippen LogP contribution in [0.15, 0.2) is 36.8 Å². The maximum absolute atomic E-state index is 12.7. The largest absolute Gasteiger partial charge is 0.326 e. The van der Waals surface area contributed by atoms with Crippen molar-refractivity contribution in [2.24, 2.45) is 5.73 Å². The van der Waals surface area contributed by atoms with Crippen molar-refractivity contribution < 1.29 is 4.39 Å². The number of rotatable bonds is 2. The van der Waals surface area contributed by atoms with Gasteiger partial charge >= 0.3 is 0 Å². The molecule has 3 nitrogen and oxygen atoms in total. The molecule has 1 aromatic carbocycles. The van der Waals surface area contributed by atoms with Crippen LogP contribution in [0.25, 0.3) is 11.3 Å². The highest BCUT2D eigenvalue weighted by Gasteiger charge is 2.04. The summed E-state index contributed by atoms with van der Waals surface area (Å²) in [5, 5.41) is 0. The van der Waals surface area contributed by atoms with E-state index >= 15 is 0 Å². The summed E-state index contributed by atoms with van der Waals surface area (Å²) in [6.07, 6.45) is 3.13. The molecule has 15 heavy (non-hydrogen) atoms. The Morgan fingerprint density at radius 2 is 1.93 bits per heavy atom. The van der Waals surface area contributed by atoms with Gasteiger partial charge in [0.2, 0.25) is 0 Å². The smallest absolute Gasteiger partial charge is 0.123 e. The molecule has 2 rings (SSSR count). The molecule has 0 saturated heterocycles. The van der Waals surface area contributed by atoms with Gasteiger partial charge in [-0.05, 0) is 24.3 Å². The predicted molar refractivity (Wildman–Crippen MR) is 55.3 cm³/mol. The van der Waals surface area contributed by atoms with E-state index < -0.39 is 0 Å². The summed E-state index contributed by atoms with van der Waals surface area (Å²) in [5.74, 6) is -0.262. The molecule has 1 aromatic heterocycles. The Morgan fingerprint density at radius 3 is 2.60 bits per heavy atom. The summed E-state index contributed by atoms with van der Waals surface area (Å²) in [4.78, 5) is 8.03. The minimum Gasteiger partial charge on any atom is -0.326 e. The average Bonchev–Trinajstić information content (AvgIpc) is 2.30. The van der Waals surface area contributed by atoms with Crippen molar-refractivity contribution in [2.75, 3.05) is 0 Å². The van der Waals surface area contributed by atoms with E-state index in [1.165, 1.54) is 18.5 Å². The maximum Gasteiger partial charge on any atom is 0.123 e. The van der Waals surface area contributed by atoms with Crippen molar-refractivity contribution in [1.82, 2.24) is 9.97 Å². The van der Waals surface area contributed by atoms with E-state index in [2.05, 4.69) is 9.97 Å². The lowest BCUT2D eigenvalue weighted by Crippen LogP contribution is -2.01. The van der Waals surface area contributed by atoms with Crippen LogP contribution in [-0.4, -0.2) is 9.97 Å². The van der Waals surface area contributed by atoms with E-state index in [0.717, 1.165) is 16.8 Å². The van der Waals surface area contributed by atoms with Crippen LogP contribution in [0, 0.1) is 5.82 Å². The topological polar surface area (TPSA) is 51.8 Å². The molecule has 2 N–H and O–H groups in total. The zero-order chi connectivity index (χ0) is 10.7. The van der Waals surface area contributed by atoms with Crippen molar-refractivity contribution in [3.8, 4) is 11.3 Å². The Kier molecular flexibility index (Phi) is 2.69. The van der Waals surface area contributed by atoms with Gasteiger partial charge in [-0.15, -0.1) is 0 Å². The summed E-state index contributed by atoms with van der Waals surface area (Å²) >= 11 is 0. The Morgan fingerprint density at radius 1 is 1.20 bits per heavy atom. The number of nitrogens with zero attached hydrogens (tertiary/aromatic N) is 2. The molecule has 0 bridgehead atoms. The van der Waals surface area contributed by atoms with Gasteiger partial charge in [-0.2, -0.15) is 0 Å². The monoisotopic (exact) mass is 203 g/mol. The maximum atomic E-state index is 12.7. The van der Waals surface area contributed by atoms with Gasteiger partial charge in [0.15, 0.2) is 0 Å². The van der Waals surface area contributed by atoms with E-state index in [1.807, 2.05) is 0 Å². The van der Waals surface area contributed by atoms with E-state index in [4.69, 9.17) is 5.73 Å². The zero-order valence-electron chi connectivity index (χ0n) is 8.02. The fourth-order valence-corrected chi connectivity index (χ4v) is 1.38. The fraction of sp³-hybridized carbons (Fsp3) is 0.0909. The molecule has 0 atom stereocenters. The number of hydrogen-bond acceptors (Lipinski definition) is 3. The van der Waals surface area contributed by atoms with Gasteiger partial charge in [-0.25, -0.2) is 14.4 Å². The zero-order valence-corrected chi connectivity index (χ0v) is 8.02. The summed E-state index contributed by atoms with van der Waals surface area (Å²) in [7, 11) is 0. The first-order valence-electron chi connectivity index (χ1n) is 4.56. The van der Waals surface area contributed by atoms with Crippen LogP contribution in [0.4, 0.5) is 4.39 Å². The van der Waals surface area contributed by atoms with Crippen LogP contribution < -0.4 is 5.73 Å². The molecule has 0 fully saturated rings. The fourth-order valence-electron chi connectivity index (χ4n) is 1.38. The normalized spacial score (nSPS) is 10.3. The van der Waals surface area contributed by atoms with Crippen molar-refractivity contribution in [3.05, 3.63) is 48.2 Å². The van der Waals surface area contributed by atoms with Gasteiger partial charge in [-0.3, -0.25) is 0 Å². The number of aromatic nitrogens is 2. The molecule has 0 aliphatic rings. The molecule has 1 heterocycles. The van der Waals surface area contributed by atoms with E-state index in [9.17, 15) is 4.39 Å². The van der Waals surface area contributed by atoms with Gasteiger partial charge < -0.3 is 5.73 Å². The highest BCUT2D eigenvalue weighted by atomic mass is 19.1. The van der Waals surface area contributed by atoms with Gasteiger partial charge in [0.25, 0.3) is 0 Å². The quantitative estimate of drug-likeness (QED) is 0.808. The molecular weight excluding hydrogens is 193 g/mol. The minimum atomic E-state index is -0.262. The molecule has 76 valence electrons. The number of benzene rings is 1. The van der Waals surface area contributed by atoms with Gasteiger partial charge in [0, 0.05) is 23.9 Å². The lowest BCUT2D eigenvalue weighted by molar-refractivity contribution is 0.628. The SMILES string of the molecule is NCc1cncnc1-c1ccc(F)cc1. The standard InChI is InChI=1S/C11H10FN3/c12-10-3-1-8(2-4-10)11-9(5-13)6-14-7-15-11/h1-4,6-7H,5,13H2. The lowest BCUT2D eigenvalue weighted by Gasteiger charge is -2.05. The van der Waals surface area contributed by atoms with Crippen LogP contribution in [0.2, 0.25) is 0 Å². The summed E-state index contributed by atoms with van der Waals surface area (Å²) in [5.41, 5.74) is 8.02. The van der Waals surface area contributed by atoms with Crippen LogP contribution in [0.5, 0.6) is 0 Å². The van der Waals surface area contributed by atoms with Crippen LogP contribution in [0.1, 0.15) is 5.56 Å². The van der Waals surface area contributed by atoms with Gasteiger partial charge in [0.05, 0.1) is 5.69 Å². The predicted octanol–water partition coefficient (Wildman–Crippen LogP) is 1.74. The van der Waals surface area contributed by atoms with Crippen LogP contribution >= 0.6 is 0 Å². The van der Waals surface area contributed by atoms with Crippen molar-refractivity contribution >= 4 is 0 Å². The summed E-state index contributed by atoms with van der Waals surface area (Å²) in [6.45, 7) is 0.369. The first-order chi connectivity index (χ1) is 7.31. The molecule has 0 spiro atoms. The minimum absolute atomic E-state index is 0.262. The number of halogens is 1. The van der Waals surface area contributed by atoms with Crippen LogP contribution in [0.3, 0.4) is 0 Å². The highest BCUT2D eigenvalue weighted by molar-refractivity contribution is 5.62. The third kappa shape index (κ3) is 1.99. The molecule has 0 amide bonds. The van der Waals surface area contributed by atoms with E-state index in [-0.39, 0.29) is 5.82 Å². The van der Waals surface area contributed by atoms with Crippen molar-refractivity contribution in [3.63, 3.8) is 0 Å². The Labute approximate surface area is 86.8 Å². The van der Waals surface area contributed by atoms with Gasteiger partial charge in [0.1, 0.15) is 12.1 Å². The number of hydrogen-bond donors (Lipinski definition) is 1. The van der Waals surface area contributed by atoms with E-state index in [0.29, 0.717) is 6.54 Å². The third-order valence-electron chi connectivity index (χ3n) is 2.13. The Balaban J connectivity index is 2.49. The second-order valence-electron chi connectivity index (χ2n) is 3.11. The highest BCUT2D eigenvalue weighted by Crippen LogP contribution is 2.20. The molecular formula is C11H10FN3. The molecule has 0 saturated carbocycles. The molecule has 0 aliphatic carbocycles. The molecule has 2 aromatic rings. The van der Waals surface area contributed by atoms with Crippen molar-refractivity contribution in [1.29, 1.82) is 0 Å². The molecule has 0 radical (unpaired) electrons. The molecule has 4 heteroatoms. The third-order valence-corrected chi connectivity index (χ3v) is 2.13. The lowest BCUT2D eigenvalue weighted by atomic mass is 10.1. The van der Waals surface area contributed by atoms with Crippen molar-refractivity contribution in [2.45, 2.75) is 6.54 Å². The molecule has 0 unspecified atom stereocenters. The first kappa shape index (κ1) is 9.73. The van der Waals surface area contributed by atoms with Gasteiger partial charge in [-0.1, -0.05) is 0 Å². The van der Waals surface area contributed by atoms with Crippen LogP contribution in [-0.2, 0) is 6.54 Å². The summed E-state index contributed by atoms with van der Waals surface area (Å²) < 4.78 is 12.7. The number of nitrogens with two attached hydrogens (primary N) is 1. The first-order valence-corrected chi connectivity index (χ1v) is 4.56. The van der Waals surface area contributed by atoms with E-state index in [1.54, 1.807) is 18.3 Å². The summed E-state index contributed by atoms with van der Waals surface area (Å²) in [6, 6.07) is 6.16. The average molecular weight is 203 g/mol. The second-order valence-corrected chi connectivity index (χ2v) is 3.11. The molecule has 0 aliphatic heterocycles.